The first-order valence-electron chi connectivity index (χ1n) is 6.26. The maximum absolute atomic E-state index is 5.94. The number of ether oxygens (including phenoxy) is 1. The molecule has 4 heteroatoms. The molecule has 0 bridgehead atoms. The smallest absolute Gasteiger partial charge is 0.124 e. The lowest BCUT2D eigenvalue weighted by Gasteiger charge is -2.13. The maximum atomic E-state index is 5.94. The van der Waals surface area contributed by atoms with E-state index in [-0.39, 0.29) is 6.04 Å². The average Bonchev–Trinajstić information content (AvgIpc) is 2.73. The van der Waals surface area contributed by atoms with E-state index in [2.05, 4.69) is 40.4 Å². The van der Waals surface area contributed by atoms with Gasteiger partial charge in [0.1, 0.15) is 12.4 Å². The van der Waals surface area contributed by atoms with Crippen LogP contribution in [0.2, 0.25) is 0 Å². The Hall–Kier alpha value is -0.840. The van der Waals surface area contributed by atoms with E-state index in [1.807, 2.05) is 19.1 Å². The monoisotopic (exact) mass is 339 g/mol. The molecule has 2 rings (SSSR count). The van der Waals surface area contributed by atoms with Gasteiger partial charge in [0.05, 0.1) is 4.88 Å². The molecule has 0 fully saturated rings. The third-order valence-electron chi connectivity index (χ3n) is 2.81. The fourth-order valence-electron chi connectivity index (χ4n) is 1.93. The molecule has 1 aromatic heterocycles. The van der Waals surface area contributed by atoms with Crippen LogP contribution in [0.1, 0.15) is 22.9 Å². The molecule has 102 valence electrons. The Morgan fingerprint density at radius 1 is 1.37 bits per heavy atom. The van der Waals surface area contributed by atoms with E-state index in [1.165, 1.54) is 16.0 Å². The molecule has 2 N–H and O–H groups in total. The number of hydrogen-bond donors (Lipinski definition) is 1. The summed E-state index contributed by atoms with van der Waals surface area (Å²) in [6.45, 7) is 4.69. The highest BCUT2D eigenvalue weighted by molar-refractivity contribution is 9.10. The molecule has 1 aromatic carbocycles. The predicted octanol–water partition coefficient (Wildman–Crippen LogP) is 4.29. The Morgan fingerprint density at radius 3 is 2.79 bits per heavy atom. The van der Waals surface area contributed by atoms with Gasteiger partial charge >= 0.3 is 0 Å². The number of nitrogens with two attached hydrogens (primary N) is 1. The SMILES string of the molecule is Cc1ccc(OCc2sccc2Br)c(CC(C)N)c1. The minimum Gasteiger partial charge on any atom is -0.488 e. The van der Waals surface area contributed by atoms with Crippen LogP contribution in [0.15, 0.2) is 34.1 Å². The standard InChI is InChI=1S/C15H18BrNOS/c1-10-3-4-14(12(7-10)8-11(2)17)18-9-15-13(16)5-6-19-15/h3-7,11H,8-9,17H2,1-2H3. The Labute approximate surface area is 126 Å². The van der Waals surface area contributed by atoms with E-state index in [9.17, 15) is 0 Å². The van der Waals surface area contributed by atoms with Crippen LogP contribution in [-0.2, 0) is 13.0 Å². The molecule has 0 spiro atoms. The molecule has 19 heavy (non-hydrogen) atoms. The number of thiophene rings is 1. The lowest BCUT2D eigenvalue weighted by atomic mass is 10.0. The highest BCUT2D eigenvalue weighted by Gasteiger charge is 2.08. The first kappa shape index (κ1) is 14.6. The third kappa shape index (κ3) is 4.06. The number of benzene rings is 1. The molecule has 0 aliphatic heterocycles. The summed E-state index contributed by atoms with van der Waals surface area (Å²) in [6.07, 6.45) is 0.836. The van der Waals surface area contributed by atoms with Crippen LogP contribution in [0.3, 0.4) is 0 Å². The molecule has 1 atom stereocenters. The largest absolute Gasteiger partial charge is 0.488 e. The average molecular weight is 340 g/mol. The summed E-state index contributed by atoms with van der Waals surface area (Å²) in [4.78, 5) is 1.20. The van der Waals surface area contributed by atoms with Gasteiger partial charge in [0, 0.05) is 10.5 Å². The van der Waals surface area contributed by atoms with Crippen molar-refractivity contribution in [1.29, 1.82) is 0 Å². The van der Waals surface area contributed by atoms with Crippen LogP contribution in [0.5, 0.6) is 5.75 Å². The normalized spacial score (nSPS) is 12.4. The van der Waals surface area contributed by atoms with E-state index in [0.717, 1.165) is 16.6 Å². The molecule has 2 nitrogen and oxygen atoms in total. The molecule has 0 radical (unpaired) electrons. The van der Waals surface area contributed by atoms with Gasteiger partial charge in [-0.15, -0.1) is 11.3 Å². The fraction of sp³-hybridized carbons (Fsp3) is 0.333. The predicted molar refractivity (Wildman–Crippen MR) is 84.9 cm³/mol. The van der Waals surface area contributed by atoms with Crippen LogP contribution < -0.4 is 10.5 Å². The van der Waals surface area contributed by atoms with Crippen molar-refractivity contribution in [3.8, 4) is 5.75 Å². The molecule has 0 amide bonds. The van der Waals surface area contributed by atoms with Gasteiger partial charge in [-0.2, -0.15) is 0 Å². The van der Waals surface area contributed by atoms with Gasteiger partial charge in [-0.3, -0.25) is 0 Å². The van der Waals surface area contributed by atoms with Gasteiger partial charge in [-0.05, 0) is 59.3 Å². The van der Waals surface area contributed by atoms with Crippen molar-refractivity contribution in [2.75, 3.05) is 0 Å². The van der Waals surface area contributed by atoms with Crippen LogP contribution in [0, 0.1) is 6.92 Å². The highest BCUT2D eigenvalue weighted by Crippen LogP contribution is 2.27. The van der Waals surface area contributed by atoms with E-state index < -0.39 is 0 Å². The van der Waals surface area contributed by atoms with Crippen LogP contribution in [-0.4, -0.2) is 6.04 Å². The Morgan fingerprint density at radius 2 is 2.16 bits per heavy atom. The van der Waals surface area contributed by atoms with Gasteiger partial charge in [-0.25, -0.2) is 0 Å². The molecule has 1 unspecified atom stereocenters. The zero-order valence-corrected chi connectivity index (χ0v) is 13.6. The van der Waals surface area contributed by atoms with Gasteiger partial charge in [0.2, 0.25) is 0 Å². The fourth-order valence-corrected chi connectivity index (χ4v) is 3.30. The summed E-state index contributed by atoms with van der Waals surface area (Å²) in [5.74, 6) is 0.934. The van der Waals surface area contributed by atoms with E-state index in [1.54, 1.807) is 11.3 Å². The summed E-state index contributed by atoms with van der Waals surface area (Å²) in [5.41, 5.74) is 8.32. The van der Waals surface area contributed by atoms with Crippen molar-refractivity contribution in [2.45, 2.75) is 32.9 Å². The Bertz CT molecular complexity index is 551. The van der Waals surface area contributed by atoms with Crippen LogP contribution in [0.4, 0.5) is 0 Å². The topological polar surface area (TPSA) is 35.2 Å². The minimum absolute atomic E-state index is 0.137. The van der Waals surface area contributed by atoms with Gasteiger partial charge in [0.25, 0.3) is 0 Å². The second-order valence-electron chi connectivity index (χ2n) is 4.77. The zero-order valence-electron chi connectivity index (χ0n) is 11.2. The molecule has 0 saturated heterocycles. The van der Waals surface area contributed by atoms with E-state index >= 15 is 0 Å². The summed E-state index contributed by atoms with van der Waals surface area (Å²) < 4.78 is 7.05. The lowest BCUT2D eigenvalue weighted by molar-refractivity contribution is 0.305. The highest BCUT2D eigenvalue weighted by atomic mass is 79.9. The maximum Gasteiger partial charge on any atom is 0.124 e. The summed E-state index contributed by atoms with van der Waals surface area (Å²) in [6, 6.07) is 8.44. The van der Waals surface area contributed by atoms with Gasteiger partial charge < -0.3 is 10.5 Å². The quantitative estimate of drug-likeness (QED) is 0.881. The summed E-state index contributed by atoms with van der Waals surface area (Å²) >= 11 is 5.22. The number of halogens is 1. The van der Waals surface area contributed by atoms with E-state index in [0.29, 0.717) is 6.61 Å². The number of aryl methyl sites for hydroxylation is 1. The summed E-state index contributed by atoms with van der Waals surface area (Å²) in [7, 11) is 0. The van der Waals surface area contributed by atoms with Crippen molar-refractivity contribution in [2.24, 2.45) is 5.73 Å². The van der Waals surface area contributed by atoms with Crippen molar-refractivity contribution >= 4 is 27.3 Å². The van der Waals surface area contributed by atoms with Crippen molar-refractivity contribution in [3.63, 3.8) is 0 Å². The second-order valence-corrected chi connectivity index (χ2v) is 6.63. The van der Waals surface area contributed by atoms with Gasteiger partial charge in [0.15, 0.2) is 0 Å². The lowest BCUT2D eigenvalue weighted by Crippen LogP contribution is -2.18. The first-order chi connectivity index (χ1) is 9.06. The molecule has 0 aliphatic carbocycles. The van der Waals surface area contributed by atoms with Gasteiger partial charge in [-0.1, -0.05) is 17.7 Å². The second kappa shape index (κ2) is 6.55. The van der Waals surface area contributed by atoms with Crippen molar-refractivity contribution in [1.82, 2.24) is 0 Å². The Balaban J connectivity index is 2.13. The molecular weight excluding hydrogens is 322 g/mol. The van der Waals surface area contributed by atoms with Crippen LogP contribution >= 0.6 is 27.3 Å². The third-order valence-corrected chi connectivity index (χ3v) is 4.71. The van der Waals surface area contributed by atoms with Crippen molar-refractivity contribution < 1.29 is 4.74 Å². The van der Waals surface area contributed by atoms with Crippen molar-refractivity contribution in [3.05, 3.63) is 50.1 Å². The number of rotatable bonds is 5. The molecular formula is C15H18BrNOS. The van der Waals surface area contributed by atoms with Crippen LogP contribution in [0.25, 0.3) is 0 Å². The zero-order chi connectivity index (χ0) is 13.8. The minimum atomic E-state index is 0.137. The molecule has 1 heterocycles. The molecule has 2 aromatic rings. The summed E-state index contributed by atoms with van der Waals surface area (Å²) in [5, 5.41) is 2.06. The molecule has 0 aliphatic rings. The number of hydrogen-bond acceptors (Lipinski definition) is 3. The first-order valence-corrected chi connectivity index (χ1v) is 7.93. The Kier molecular flexibility index (Phi) is 5.02. The van der Waals surface area contributed by atoms with E-state index in [4.69, 9.17) is 10.5 Å². The molecule has 0 saturated carbocycles.